The summed E-state index contributed by atoms with van der Waals surface area (Å²) in [6.07, 6.45) is 4.05. The Morgan fingerprint density at radius 1 is 1.10 bits per heavy atom. The van der Waals surface area contributed by atoms with Gasteiger partial charge in [-0.05, 0) is 38.1 Å². The van der Waals surface area contributed by atoms with Crippen LogP contribution >= 0.6 is 11.3 Å². The first-order valence-electron chi connectivity index (χ1n) is 9.44. The van der Waals surface area contributed by atoms with Crippen molar-refractivity contribution < 1.29 is 4.79 Å². The van der Waals surface area contributed by atoms with E-state index in [1.165, 1.54) is 0 Å². The predicted octanol–water partition coefficient (Wildman–Crippen LogP) is 3.94. The van der Waals surface area contributed by atoms with Crippen LogP contribution in [0.25, 0.3) is 10.8 Å². The molecule has 4 rings (SSSR count). The van der Waals surface area contributed by atoms with Crippen LogP contribution in [0.2, 0.25) is 0 Å². The minimum Gasteiger partial charge on any atom is -0.341 e. The highest BCUT2D eigenvalue weighted by atomic mass is 32.1. The largest absolute Gasteiger partial charge is 0.341 e. The molecule has 6 nitrogen and oxygen atoms in total. The lowest BCUT2D eigenvalue weighted by molar-refractivity contribution is -0.129. The van der Waals surface area contributed by atoms with Crippen LogP contribution in [0.4, 0.5) is 0 Å². The third-order valence-corrected chi connectivity index (χ3v) is 5.71. The summed E-state index contributed by atoms with van der Waals surface area (Å²) in [6.45, 7) is 4.63. The van der Waals surface area contributed by atoms with Gasteiger partial charge in [0.1, 0.15) is 0 Å². The Morgan fingerprint density at radius 2 is 1.83 bits per heavy atom. The van der Waals surface area contributed by atoms with Gasteiger partial charge in [0.05, 0.1) is 24.0 Å². The fraction of sp³-hybridized carbons (Fsp3) is 0.227. The van der Waals surface area contributed by atoms with Crippen molar-refractivity contribution in [3.63, 3.8) is 0 Å². The standard InChI is InChI=1S/C22H23N5OS/c1-16-9-10-17(2)27(16)22-24-19(15-29-22)11-21(28)25(3)13-18-12-23-26(14-18)20-7-5-4-6-8-20/h4-10,12,14-15H,11,13H2,1-3H3. The van der Waals surface area contributed by atoms with E-state index in [-0.39, 0.29) is 5.91 Å². The Labute approximate surface area is 174 Å². The van der Waals surface area contributed by atoms with E-state index in [0.717, 1.165) is 33.5 Å². The van der Waals surface area contributed by atoms with Crippen LogP contribution in [0, 0.1) is 13.8 Å². The summed E-state index contributed by atoms with van der Waals surface area (Å²) in [4.78, 5) is 19.1. The highest BCUT2D eigenvalue weighted by Gasteiger charge is 2.15. The number of rotatable bonds is 6. The van der Waals surface area contributed by atoms with Crippen molar-refractivity contribution in [3.05, 3.63) is 82.9 Å². The molecule has 0 fully saturated rings. The Hall–Kier alpha value is -3.19. The molecule has 4 aromatic rings. The van der Waals surface area contributed by atoms with Crippen LogP contribution in [0.15, 0.2) is 60.2 Å². The van der Waals surface area contributed by atoms with E-state index in [2.05, 4.69) is 40.6 Å². The maximum Gasteiger partial charge on any atom is 0.228 e. The van der Waals surface area contributed by atoms with E-state index in [1.54, 1.807) is 22.4 Å². The number of hydrogen-bond acceptors (Lipinski definition) is 4. The second-order valence-electron chi connectivity index (χ2n) is 7.13. The molecule has 0 bridgehead atoms. The molecule has 7 heteroatoms. The highest BCUT2D eigenvalue weighted by molar-refractivity contribution is 7.12. The summed E-state index contributed by atoms with van der Waals surface area (Å²) in [6, 6.07) is 14.1. The minimum atomic E-state index is 0.0373. The number of likely N-dealkylation sites (N-methyl/N-ethyl adjacent to an activating group) is 1. The highest BCUT2D eigenvalue weighted by Crippen LogP contribution is 2.21. The SMILES string of the molecule is Cc1ccc(C)n1-c1nc(CC(=O)N(C)Cc2cnn(-c3ccccc3)c2)cs1. The van der Waals surface area contributed by atoms with Crippen LogP contribution in [-0.2, 0) is 17.8 Å². The number of aromatic nitrogens is 4. The molecule has 0 saturated carbocycles. The summed E-state index contributed by atoms with van der Waals surface area (Å²) < 4.78 is 3.93. The fourth-order valence-corrected chi connectivity index (χ4v) is 4.21. The van der Waals surface area contributed by atoms with Crippen LogP contribution in [-0.4, -0.2) is 37.2 Å². The number of nitrogens with zero attached hydrogens (tertiary/aromatic N) is 5. The van der Waals surface area contributed by atoms with Crippen LogP contribution < -0.4 is 0 Å². The zero-order valence-electron chi connectivity index (χ0n) is 16.7. The molecule has 0 saturated heterocycles. The van der Waals surface area contributed by atoms with Crippen molar-refractivity contribution in [2.45, 2.75) is 26.8 Å². The Morgan fingerprint density at radius 3 is 2.55 bits per heavy atom. The van der Waals surface area contributed by atoms with Crippen molar-refractivity contribution in [1.82, 2.24) is 24.2 Å². The molecule has 1 aromatic carbocycles. The fourth-order valence-electron chi connectivity index (χ4n) is 3.27. The Bertz CT molecular complexity index is 1110. The van der Waals surface area contributed by atoms with Gasteiger partial charge in [-0.1, -0.05) is 18.2 Å². The quantitative estimate of drug-likeness (QED) is 0.488. The first-order chi connectivity index (χ1) is 14.0. The van der Waals surface area contributed by atoms with Crippen molar-refractivity contribution in [3.8, 4) is 10.8 Å². The average Bonchev–Trinajstić information content (AvgIpc) is 3.44. The van der Waals surface area contributed by atoms with Gasteiger partial charge in [0, 0.05) is 42.1 Å². The average molecular weight is 406 g/mol. The summed E-state index contributed by atoms with van der Waals surface area (Å²) in [7, 11) is 1.82. The van der Waals surface area contributed by atoms with Crippen LogP contribution in [0.1, 0.15) is 22.6 Å². The maximum absolute atomic E-state index is 12.7. The lowest BCUT2D eigenvalue weighted by atomic mass is 10.2. The molecule has 0 aliphatic carbocycles. The molecule has 0 aliphatic heterocycles. The van der Waals surface area contributed by atoms with E-state index >= 15 is 0 Å². The first-order valence-corrected chi connectivity index (χ1v) is 10.3. The van der Waals surface area contributed by atoms with Gasteiger partial charge in [-0.15, -0.1) is 11.3 Å². The first kappa shape index (κ1) is 19.1. The van der Waals surface area contributed by atoms with Gasteiger partial charge in [0.25, 0.3) is 0 Å². The van der Waals surface area contributed by atoms with Gasteiger partial charge in [-0.25, -0.2) is 9.67 Å². The summed E-state index contributed by atoms with van der Waals surface area (Å²) in [5.74, 6) is 0.0373. The molecule has 0 radical (unpaired) electrons. The van der Waals surface area contributed by atoms with Crippen molar-refractivity contribution in [1.29, 1.82) is 0 Å². The molecular formula is C22H23N5OS. The minimum absolute atomic E-state index is 0.0373. The monoisotopic (exact) mass is 405 g/mol. The van der Waals surface area contributed by atoms with Crippen LogP contribution in [0.3, 0.4) is 0 Å². The molecule has 1 amide bonds. The van der Waals surface area contributed by atoms with Gasteiger partial charge in [-0.2, -0.15) is 5.10 Å². The third kappa shape index (κ3) is 4.14. The Kier molecular flexibility index (Phi) is 5.31. The number of benzene rings is 1. The zero-order chi connectivity index (χ0) is 20.4. The number of amides is 1. The van der Waals surface area contributed by atoms with E-state index in [0.29, 0.717) is 13.0 Å². The van der Waals surface area contributed by atoms with Crippen LogP contribution in [0.5, 0.6) is 0 Å². The van der Waals surface area contributed by atoms with Gasteiger partial charge >= 0.3 is 0 Å². The van der Waals surface area contributed by atoms with E-state index in [4.69, 9.17) is 0 Å². The van der Waals surface area contributed by atoms with E-state index < -0.39 is 0 Å². The molecular weight excluding hydrogens is 382 g/mol. The number of thiazole rings is 1. The molecule has 0 N–H and O–H groups in total. The number of para-hydroxylation sites is 1. The maximum atomic E-state index is 12.7. The number of aryl methyl sites for hydroxylation is 2. The zero-order valence-corrected chi connectivity index (χ0v) is 17.6. The second-order valence-corrected chi connectivity index (χ2v) is 7.96. The van der Waals surface area contributed by atoms with Gasteiger partial charge < -0.3 is 4.90 Å². The number of hydrogen-bond donors (Lipinski definition) is 0. The molecule has 148 valence electrons. The third-order valence-electron chi connectivity index (χ3n) is 4.84. The molecule has 0 aliphatic rings. The lowest BCUT2D eigenvalue weighted by Crippen LogP contribution is -2.27. The van der Waals surface area contributed by atoms with Crippen molar-refractivity contribution >= 4 is 17.2 Å². The topological polar surface area (TPSA) is 56.0 Å². The van der Waals surface area contributed by atoms with E-state index in [1.807, 2.05) is 53.6 Å². The van der Waals surface area contributed by atoms with E-state index in [9.17, 15) is 4.79 Å². The number of carbonyl (C=O) groups excluding carboxylic acids is 1. The molecule has 0 atom stereocenters. The van der Waals surface area contributed by atoms with Crippen molar-refractivity contribution in [2.24, 2.45) is 0 Å². The molecule has 0 unspecified atom stereocenters. The summed E-state index contributed by atoms with van der Waals surface area (Å²) in [5, 5.41) is 7.26. The summed E-state index contributed by atoms with van der Waals surface area (Å²) >= 11 is 1.56. The Balaban J connectivity index is 1.40. The lowest BCUT2D eigenvalue weighted by Gasteiger charge is -2.15. The van der Waals surface area contributed by atoms with Gasteiger partial charge in [0.2, 0.25) is 5.91 Å². The van der Waals surface area contributed by atoms with Gasteiger partial charge in [-0.3, -0.25) is 9.36 Å². The number of carbonyl (C=O) groups is 1. The van der Waals surface area contributed by atoms with Gasteiger partial charge in [0.15, 0.2) is 5.13 Å². The molecule has 3 aromatic heterocycles. The smallest absolute Gasteiger partial charge is 0.228 e. The molecule has 29 heavy (non-hydrogen) atoms. The normalized spacial score (nSPS) is 11.0. The van der Waals surface area contributed by atoms with Crippen molar-refractivity contribution in [2.75, 3.05) is 7.05 Å². The molecule has 0 spiro atoms. The summed E-state index contributed by atoms with van der Waals surface area (Å²) in [5.41, 5.74) is 5.07. The second kappa shape index (κ2) is 8.05. The molecule has 3 heterocycles. The predicted molar refractivity (Wildman–Crippen MR) is 115 cm³/mol.